The lowest BCUT2D eigenvalue weighted by Crippen LogP contribution is -2.16. The molecular weight excluding hydrogens is 382 g/mol. The second kappa shape index (κ2) is 9.46. The van der Waals surface area contributed by atoms with Crippen LogP contribution >= 0.6 is 11.8 Å². The molecule has 0 radical (unpaired) electrons. The lowest BCUT2D eigenvalue weighted by atomic mass is 10.3. The molecule has 0 saturated heterocycles. The molecule has 146 valence electrons. The number of carbonyl (C=O) groups excluding carboxylic acids is 1. The summed E-state index contributed by atoms with van der Waals surface area (Å²) in [6.07, 6.45) is 3.02. The van der Waals surface area contributed by atoms with Crippen LogP contribution in [0.3, 0.4) is 0 Å². The van der Waals surface area contributed by atoms with E-state index in [2.05, 4.69) is 26.0 Å². The Bertz CT molecular complexity index is 923. The quantitative estimate of drug-likeness (QED) is 0.215. The van der Waals surface area contributed by atoms with Gasteiger partial charge in [-0.2, -0.15) is 5.10 Å². The van der Waals surface area contributed by atoms with Gasteiger partial charge in [0.25, 0.3) is 5.95 Å². The molecule has 11 heteroatoms. The number of furan rings is 1. The van der Waals surface area contributed by atoms with E-state index in [-0.39, 0.29) is 17.6 Å². The van der Waals surface area contributed by atoms with E-state index < -0.39 is 0 Å². The van der Waals surface area contributed by atoms with Gasteiger partial charge in [-0.1, -0.05) is 11.8 Å². The summed E-state index contributed by atoms with van der Waals surface area (Å²) in [4.78, 5) is 12.1. The Morgan fingerprint density at radius 1 is 1.36 bits per heavy atom. The number of hydrogen-bond donors (Lipinski definition) is 3. The average molecular weight is 401 g/mol. The number of nitrogen functional groups attached to an aromatic ring is 1. The highest BCUT2D eigenvalue weighted by molar-refractivity contribution is 7.99. The number of thioether (sulfide) groups is 1. The van der Waals surface area contributed by atoms with E-state index in [4.69, 9.17) is 15.0 Å². The molecule has 1 amide bonds. The van der Waals surface area contributed by atoms with E-state index in [1.54, 1.807) is 42.7 Å². The fourth-order valence-corrected chi connectivity index (χ4v) is 2.75. The lowest BCUT2D eigenvalue weighted by Gasteiger charge is -2.07. The number of rotatable bonds is 9. The van der Waals surface area contributed by atoms with Crippen molar-refractivity contribution in [1.29, 1.82) is 0 Å². The monoisotopic (exact) mass is 401 g/mol. The van der Waals surface area contributed by atoms with Gasteiger partial charge in [0.15, 0.2) is 0 Å². The summed E-state index contributed by atoms with van der Waals surface area (Å²) in [5.74, 6) is 7.41. The second-order valence-electron chi connectivity index (χ2n) is 5.36. The fourth-order valence-electron chi connectivity index (χ4n) is 2.10. The number of benzene rings is 1. The Kier molecular flexibility index (Phi) is 6.52. The maximum Gasteiger partial charge on any atom is 0.264 e. The zero-order valence-electron chi connectivity index (χ0n) is 15.0. The number of nitrogens with one attached hydrogen (secondary N) is 2. The van der Waals surface area contributed by atoms with Crippen LogP contribution in [-0.4, -0.2) is 39.4 Å². The largest absolute Gasteiger partial charge is 0.494 e. The summed E-state index contributed by atoms with van der Waals surface area (Å²) >= 11 is 1.15. The summed E-state index contributed by atoms with van der Waals surface area (Å²) in [5, 5.41) is 15.0. The molecule has 0 aliphatic carbocycles. The zero-order chi connectivity index (χ0) is 19.8. The molecule has 4 N–H and O–H groups in total. The number of nitrogens with two attached hydrogens (primary N) is 1. The second-order valence-corrected chi connectivity index (χ2v) is 6.30. The molecule has 0 bridgehead atoms. The molecule has 2 heterocycles. The molecule has 0 fully saturated rings. The molecule has 28 heavy (non-hydrogen) atoms. The summed E-state index contributed by atoms with van der Waals surface area (Å²) in [6, 6.07) is 10.6. The first-order valence-corrected chi connectivity index (χ1v) is 9.33. The molecule has 3 rings (SSSR count). The van der Waals surface area contributed by atoms with Crippen LogP contribution in [-0.2, 0) is 4.79 Å². The smallest absolute Gasteiger partial charge is 0.264 e. The van der Waals surface area contributed by atoms with Crippen LogP contribution in [0.1, 0.15) is 12.7 Å². The Morgan fingerprint density at radius 2 is 2.18 bits per heavy atom. The van der Waals surface area contributed by atoms with Gasteiger partial charge in [-0.3, -0.25) is 4.79 Å². The van der Waals surface area contributed by atoms with Crippen molar-refractivity contribution < 1.29 is 13.9 Å². The van der Waals surface area contributed by atoms with Gasteiger partial charge in [-0.05, 0) is 43.3 Å². The highest BCUT2D eigenvalue weighted by Crippen LogP contribution is 2.19. The highest BCUT2D eigenvalue weighted by Gasteiger charge is 2.12. The standard InChI is InChI=1S/C17H19N7O3S/c1-2-26-13-7-5-12(6-8-13)20-15(25)11-28-17-23-22-16(24(17)18)21-19-10-14-4-3-9-27-14/h3-10H,2,11,18H2,1H3,(H,20,25)(H,21,22)/b19-10+. The van der Waals surface area contributed by atoms with Gasteiger partial charge in [0.1, 0.15) is 11.5 Å². The predicted octanol–water partition coefficient (Wildman–Crippen LogP) is 2.16. The molecule has 0 aliphatic heterocycles. The Morgan fingerprint density at radius 3 is 2.89 bits per heavy atom. The number of hydrazone groups is 1. The van der Waals surface area contributed by atoms with Crippen LogP contribution < -0.4 is 21.3 Å². The van der Waals surface area contributed by atoms with Crippen LogP contribution in [0.15, 0.2) is 57.3 Å². The Balaban J connectivity index is 1.48. The van der Waals surface area contributed by atoms with Crippen molar-refractivity contribution in [2.24, 2.45) is 5.10 Å². The first kappa shape index (κ1) is 19.3. The lowest BCUT2D eigenvalue weighted by molar-refractivity contribution is -0.113. The minimum atomic E-state index is -0.192. The third-order valence-electron chi connectivity index (χ3n) is 3.35. The zero-order valence-corrected chi connectivity index (χ0v) is 15.8. The number of ether oxygens (including phenoxy) is 1. The highest BCUT2D eigenvalue weighted by atomic mass is 32.2. The number of nitrogens with zero attached hydrogens (tertiary/aromatic N) is 4. The van der Waals surface area contributed by atoms with Crippen LogP contribution in [0.5, 0.6) is 5.75 Å². The van der Waals surface area contributed by atoms with E-state index in [1.165, 1.54) is 10.9 Å². The van der Waals surface area contributed by atoms with E-state index in [0.717, 1.165) is 17.5 Å². The molecule has 0 aliphatic rings. The summed E-state index contributed by atoms with van der Waals surface area (Å²) in [5.41, 5.74) is 3.34. The molecular formula is C17H19N7O3S. The van der Waals surface area contributed by atoms with Crippen LogP contribution in [0.4, 0.5) is 11.6 Å². The van der Waals surface area contributed by atoms with Crippen molar-refractivity contribution in [1.82, 2.24) is 14.9 Å². The van der Waals surface area contributed by atoms with Gasteiger partial charge in [-0.25, -0.2) is 10.1 Å². The molecule has 10 nitrogen and oxygen atoms in total. The fraction of sp³-hybridized carbons (Fsp3) is 0.176. The minimum Gasteiger partial charge on any atom is -0.494 e. The van der Waals surface area contributed by atoms with E-state index in [1.807, 2.05) is 6.92 Å². The maximum atomic E-state index is 12.1. The number of hydrogen-bond acceptors (Lipinski definition) is 9. The van der Waals surface area contributed by atoms with Crippen LogP contribution in [0, 0.1) is 0 Å². The van der Waals surface area contributed by atoms with E-state index in [9.17, 15) is 4.79 Å². The Hall–Kier alpha value is -3.47. The van der Waals surface area contributed by atoms with Crippen molar-refractivity contribution in [2.75, 3.05) is 28.9 Å². The van der Waals surface area contributed by atoms with E-state index >= 15 is 0 Å². The molecule has 3 aromatic rings. The molecule has 0 saturated carbocycles. The van der Waals surface area contributed by atoms with Crippen molar-refractivity contribution in [3.8, 4) is 5.75 Å². The van der Waals surface area contributed by atoms with Crippen LogP contribution in [0.2, 0.25) is 0 Å². The van der Waals surface area contributed by atoms with Gasteiger partial charge in [0, 0.05) is 5.69 Å². The third-order valence-corrected chi connectivity index (χ3v) is 4.29. The first-order valence-electron chi connectivity index (χ1n) is 8.34. The van der Waals surface area contributed by atoms with Gasteiger partial charge in [0.05, 0.1) is 24.8 Å². The topological polar surface area (TPSA) is 133 Å². The maximum absolute atomic E-state index is 12.1. The average Bonchev–Trinajstić information content (AvgIpc) is 3.33. The first-order chi connectivity index (χ1) is 13.7. The molecule has 2 aromatic heterocycles. The van der Waals surface area contributed by atoms with E-state index in [0.29, 0.717) is 23.2 Å². The van der Waals surface area contributed by atoms with Crippen molar-refractivity contribution in [2.45, 2.75) is 12.1 Å². The van der Waals surface area contributed by atoms with Gasteiger partial charge >= 0.3 is 0 Å². The summed E-state index contributed by atoms with van der Waals surface area (Å²) in [7, 11) is 0. The molecule has 1 aromatic carbocycles. The van der Waals surface area contributed by atoms with Gasteiger partial charge in [-0.15, -0.1) is 10.2 Å². The molecule has 0 spiro atoms. The SMILES string of the molecule is CCOc1ccc(NC(=O)CSc2nnc(N/N=C/c3ccco3)n2N)cc1. The van der Waals surface area contributed by atoms with Crippen molar-refractivity contribution in [3.63, 3.8) is 0 Å². The number of aromatic nitrogens is 3. The molecule has 0 atom stereocenters. The van der Waals surface area contributed by atoms with Crippen molar-refractivity contribution in [3.05, 3.63) is 48.4 Å². The minimum absolute atomic E-state index is 0.123. The summed E-state index contributed by atoms with van der Waals surface area (Å²) in [6.45, 7) is 2.50. The number of carbonyl (C=O) groups is 1. The van der Waals surface area contributed by atoms with Crippen LogP contribution in [0.25, 0.3) is 0 Å². The Labute approximate surface area is 165 Å². The van der Waals surface area contributed by atoms with Gasteiger partial charge in [0.2, 0.25) is 11.1 Å². The van der Waals surface area contributed by atoms with Crippen molar-refractivity contribution >= 4 is 35.5 Å². The van der Waals surface area contributed by atoms with Gasteiger partial charge < -0.3 is 20.3 Å². The number of anilines is 2. The predicted molar refractivity (Wildman–Crippen MR) is 107 cm³/mol. The number of amides is 1. The normalized spacial score (nSPS) is 10.9. The third kappa shape index (κ3) is 5.27. The summed E-state index contributed by atoms with van der Waals surface area (Å²) < 4.78 is 11.7. The molecule has 0 unspecified atom stereocenters.